The van der Waals surface area contributed by atoms with Crippen molar-refractivity contribution in [2.24, 2.45) is 5.16 Å². The fourth-order valence-corrected chi connectivity index (χ4v) is 2.60. The zero-order chi connectivity index (χ0) is 14.8. The minimum Gasteiger partial charge on any atom is -0.487 e. The van der Waals surface area contributed by atoms with Crippen molar-refractivity contribution in [2.75, 3.05) is 0 Å². The Bertz CT molecular complexity index is 674. The van der Waals surface area contributed by atoms with Crippen molar-refractivity contribution in [3.63, 3.8) is 0 Å². The lowest BCUT2D eigenvalue weighted by Gasteiger charge is -2.09. The number of nitrogens with zero attached hydrogens (tertiary/aromatic N) is 3. The summed E-state index contributed by atoms with van der Waals surface area (Å²) in [5, 5.41) is 16.8. The van der Waals surface area contributed by atoms with Gasteiger partial charge in [0.2, 0.25) is 0 Å². The van der Waals surface area contributed by atoms with Gasteiger partial charge in [-0.2, -0.15) is 5.10 Å². The third kappa shape index (κ3) is 2.63. The van der Waals surface area contributed by atoms with Crippen LogP contribution in [-0.2, 0) is 13.0 Å². The van der Waals surface area contributed by atoms with E-state index < -0.39 is 0 Å². The summed E-state index contributed by atoms with van der Waals surface area (Å²) in [6, 6.07) is 8.18. The first-order valence-corrected chi connectivity index (χ1v) is 7.19. The highest BCUT2D eigenvalue weighted by Gasteiger charge is 2.21. The summed E-state index contributed by atoms with van der Waals surface area (Å²) in [4.78, 5) is 0. The van der Waals surface area contributed by atoms with Crippen LogP contribution >= 0.6 is 0 Å². The largest absolute Gasteiger partial charge is 0.487 e. The van der Waals surface area contributed by atoms with Gasteiger partial charge in [-0.05, 0) is 38.8 Å². The van der Waals surface area contributed by atoms with Gasteiger partial charge in [-0.15, -0.1) is 0 Å². The minimum atomic E-state index is 0.350. The summed E-state index contributed by atoms with van der Waals surface area (Å²) < 4.78 is 7.83. The predicted molar refractivity (Wildman–Crippen MR) is 80.0 cm³/mol. The summed E-state index contributed by atoms with van der Waals surface area (Å²) in [5.41, 5.74) is 3.76. The number of rotatable bonds is 4. The Balaban J connectivity index is 1.75. The molecule has 5 nitrogen and oxygen atoms in total. The van der Waals surface area contributed by atoms with Gasteiger partial charge in [0.15, 0.2) is 0 Å². The molecule has 1 aliphatic rings. The first-order chi connectivity index (χ1) is 10.2. The first kappa shape index (κ1) is 13.7. The van der Waals surface area contributed by atoms with E-state index in [0.717, 1.165) is 41.1 Å². The van der Waals surface area contributed by atoms with Crippen LogP contribution in [0.4, 0.5) is 0 Å². The monoisotopic (exact) mass is 285 g/mol. The number of aromatic nitrogens is 2. The second kappa shape index (κ2) is 5.60. The number of hydrogen-bond acceptors (Lipinski definition) is 4. The Labute approximate surface area is 123 Å². The first-order valence-electron chi connectivity index (χ1n) is 7.19. The molecule has 0 bridgehead atoms. The second-order valence-corrected chi connectivity index (χ2v) is 5.50. The van der Waals surface area contributed by atoms with Gasteiger partial charge >= 0.3 is 0 Å². The number of fused-ring (bicyclic) bond motifs is 1. The summed E-state index contributed by atoms with van der Waals surface area (Å²) >= 11 is 0. The van der Waals surface area contributed by atoms with Gasteiger partial charge in [0.25, 0.3) is 0 Å². The van der Waals surface area contributed by atoms with E-state index in [0.29, 0.717) is 12.6 Å². The van der Waals surface area contributed by atoms with Gasteiger partial charge in [-0.25, -0.2) is 0 Å². The lowest BCUT2D eigenvalue weighted by Crippen LogP contribution is -2.04. The molecule has 0 saturated carbocycles. The molecule has 0 amide bonds. The number of oxime groups is 1. The van der Waals surface area contributed by atoms with E-state index in [2.05, 4.69) is 24.1 Å². The van der Waals surface area contributed by atoms with Crippen molar-refractivity contribution < 1.29 is 9.94 Å². The SMILES string of the molecule is CC(C)n1ccc(COc2cccc3c2CCC3=NO)n1. The molecule has 2 aromatic rings. The van der Waals surface area contributed by atoms with Crippen molar-refractivity contribution >= 4 is 5.71 Å². The smallest absolute Gasteiger partial charge is 0.132 e. The third-order valence-corrected chi connectivity index (χ3v) is 3.74. The maximum absolute atomic E-state index is 9.00. The molecular weight excluding hydrogens is 266 g/mol. The van der Waals surface area contributed by atoms with E-state index in [4.69, 9.17) is 9.94 Å². The van der Waals surface area contributed by atoms with Crippen molar-refractivity contribution in [1.29, 1.82) is 0 Å². The Hall–Kier alpha value is -2.30. The minimum absolute atomic E-state index is 0.350. The van der Waals surface area contributed by atoms with Crippen molar-refractivity contribution in [3.8, 4) is 5.75 Å². The highest BCUT2D eigenvalue weighted by Crippen LogP contribution is 2.31. The van der Waals surface area contributed by atoms with Gasteiger partial charge in [-0.3, -0.25) is 4.68 Å². The molecule has 21 heavy (non-hydrogen) atoms. The zero-order valence-electron chi connectivity index (χ0n) is 12.3. The molecule has 1 aliphatic carbocycles. The Morgan fingerprint density at radius 3 is 2.90 bits per heavy atom. The topological polar surface area (TPSA) is 59.6 Å². The van der Waals surface area contributed by atoms with Gasteiger partial charge in [0, 0.05) is 23.4 Å². The zero-order valence-corrected chi connectivity index (χ0v) is 12.3. The van der Waals surface area contributed by atoms with Crippen LogP contribution in [-0.4, -0.2) is 20.7 Å². The lowest BCUT2D eigenvalue weighted by molar-refractivity contribution is 0.296. The number of benzene rings is 1. The van der Waals surface area contributed by atoms with Crippen LogP contribution in [0.2, 0.25) is 0 Å². The van der Waals surface area contributed by atoms with Gasteiger partial charge in [-0.1, -0.05) is 17.3 Å². The summed E-state index contributed by atoms with van der Waals surface area (Å²) in [7, 11) is 0. The van der Waals surface area contributed by atoms with Crippen LogP contribution in [0.1, 0.15) is 43.1 Å². The van der Waals surface area contributed by atoms with Crippen LogP contribution in [0.5, 0.6) is 5.75 Å². The van der Waals surface area contributed by atoms with Crippen molar-refractivity contribution in [2.45, 2.75) is 39.3 Å². The van der Waals surface area contributed by atoms with E-state index in [-0.39, 0.29) is 0 Å². The van der Waals surface area contributed by atoms with E-state index >= 15 is 0 Å². The second-order valence-electron chi connectivity index (χ2n) is 5.50. The summed E-state index contributed by atoms with van der Waals surface area (Å²) in [6.45, 7) is 4.64. The van der Waals surface area contributed by atoms with Crippen LogP contribution in [0, 0.1) is 0 Å². The molecule has 0 unspecified atom stereocenters. The molecular formula is C16H19N3O2. The molecule has 0 fully saturated rings. The standard InChI is InChI=1S/C16H19N3O2/c1-11(2)19-9-8-12(17-19)10-21-16-5-3-4-13-14(16)6-7-15(13)18-20/h3-5,8-9,11,20H,6-7,10H2,1-2H3. The quantitative estimate of drug-likeness (QED) is 0.693. The van der Waals surface area contributed by atoms with Crippen molar-refractivity contribution in [3.05, 3.63) is 47.3 Å². The van der Waals surface area contributed by atoms with Crippen LogP contribution in [0.3, 0.4) is 0 Å². The molecule has 1 aromatic heterocycles. The highest BCUT2D eigenvalue weighted by molar-refractivity contribution is 6.04. The third-order valence-electron chi connectivity index (χ3n) is 3.74. The summed E-state index contributed by atoms with van der Waals surface area (Å²) in [5.74, 6) is 0.852. The van der Waals surface area contributed by atoms with Gasteiger partial charge < -0.3 is 9.94 Å². The number of hydrogen-bond donors (Lipinski definition) is 1. The molecule has 1 aromatic carbocycles. The van der Waals surface area contributed by atoms with Crippen molar-refractivity contribution in [1.82, 2.24) is 9.78 Å². The molecule has 110 valence electrons. The van der Waals surface area contributed by atoms with E-state index in [1.54, 1.807) is 0 Å². The molecule has 0 radical (unpaired) electrons. The molecule has 1 heterocycles. The lowest BCUT2D eigenvalue weighted by atomic mass is 10.1. The van der Waals surface area contributed by atoms with Crippen LogP contribution < -0.4 is 4.74 Å². The predicted octanol–water partition coefficient (Wildman–Crippen LogP) is 3.17. The molecule has 0 spiro atoms. The maximum Gasteiger partial charge on any atom is 0.132 e. The molecule has 1 N–H and O–H groups in total. The summed E-state index contributed by atoms with van der Waals surface area (Å²) in [6.07, 6.45) is 3.58. The molecule has 0 atom stereocenters. The normalized spacial score (nSPS) is 15.7. The van der Waals surface area contributed by atoms with Gasteiger partial charge in [0.1, 0.15) is 12.4 Å². The molecule has 5 heteroatoms. The average Bonchev–Trinajstić information content (AvgIpc) is 3.11. The van der Waals surface area contributed by atoms with Gasteiger partial charge in [0.05, 0.1) is 11.4 Å². The average molecular weight is 285 g/mol. The molecule has 3 rings (SSSR count). The van der Waals surface area contributed by atoms with E-state index in [1.165, 1.54) is 0 Å². The van der Waals surface area contributed by atoms with Crippen LogP contribution in [0.25, 0.3) is 0 Å². The van der Waals surface area contributed by atoms with E-state index in [9.17, 15) is 0 Å². The highest BCUT2D eigenvalue weighted by atomic mass is 16.5. The maximum atomic E-state index is 9.00. The number of ether oxygens (including phenoxy) is 1. The van der Waals surface area contributed by atoms with E-state index in [1.807, 2.05) is 35.1 Å². The Morgan fingerprint density at radius 2 is 2.19 bits per heavy atom. The molecule has 0 aliphatic heterocycles. The molecule has 0 saturated heterocycles. The Kier molecular flexibility index (Phi) is 3.64. The fourth-order valence-electron chi connectivity index (χ4n) is 2.60. The fraction of sp³-hybridized carbons (Fsp3) is 0.375. The van der Waals surface area contributed by atoms with Crippen LogP contribution in [0.15, 0.2) is 35.6 Å². The Morgan fingerprint density at radius 1 is 1.33 bits per heavy atom.